The van der Waals surface area contributed by atoms with Gasteiger partial charge in [0.2, 0.25) is 5.91 Å². The first-order valence-electron chi connectivity index (χ1n) is 8.44. The van der Waals surface area contributed by atoms with Gasteiger partial charge in [-0.1, -0.05) is 29.3 Å². The average molecular weight is 381 g/mol. The van der Waals surface area contributed by atoms with Crippen LogP contribution in [-0.4, -0.2) is 51.7 Å². The molecule has 0 aliphatic carbocycles. The Balaban J connectivity index is 1.45. The lowest BCUT2D eigenvalue weighted by molar-refractivity contribution is -0.133. The minimum atomic E-state index is 0.192. The number of halogens is 2. The van der Waals surface area contributed by atoms with Crippen LogP contribution in [0.1, 0.15) is 17.5 Å². The zero-order valence-electron chi connectivity index (χ0n) is 14.3. The van der Waals surface area contributed by atoms with Crippen LogP contribution in [0.2, 0.25) is 10.0 Å². The lowest BCUT2D eigenvalue weighted by atomic mass is 10.2. The van der Waals surface area contributed by atoms with Crippen molar-refractivity contribution in [3.8, 4) is 0 Å². The van der Waals surface area contributed by atoms with Gasteiger partial charge in [-0.25, -0.2) is 0 Å². The van der Waals surface area contributed by atoms with Crippen molar-refractivity contribution in [3.05, 3.63) is 51.8 Å². The molecule has 2 aromatic rings. The van der Waals surface area contributed by atoms with Crippen LogP contribution in [0.3, 0.4) is 0 Å². The highest BCUT2D eigenvalue weighted by molar-refractivity contribution is 6.35. The molecule has 0 N–H and O–H groups in total. The number of hydrogen-bond acceptors (Lipinski definition) is 3. The number of amides is 1. The van der Waals surface area contributed by atoms with E-state index in [1.165, 1.54) is 0 Å². The van der Waals surface area contributed by atoms with E-state index in [1.54, 1.807) is 6.07 Å². The highest BCUT2D eigenvalue weighted by Crippen LogP contribution is 2.22. The number of carbonyl (C=O) groups is 1. The lowest BCUT2D eigenvalue weighted by Gasteiger charge is -2.35. The molecular formula is C18H22Cl2N4O. The summed E-state index contributed by atoms with van der Waals surface area (Å²) in [5, 5.41) is 5.57. The van der Waals surface area contributed by atoms with Crippen LogP contribution in [0.15, 0.2) is 30.6 Å². The van der Waals surface area contributed by atoms with E-state index in [-0.39, 0.29) is 5.91 Å². The molecule has 1 aromatic carbocycles. The van der Waals surface area contributed by atoms with E-state index in [0.717, 1.165) is 43.9 Å². The third-order valence-electron chi connectivity index (χ3n) is 4.45. The van der Waals surface area contributed by atoms with Crippen molar-refractivity contribution in [3.63, 3.8) is 0 Å². The van der Waals surface area contributed by atoms with Gasteiger partial charge in [0.05, 0.1) is 6.20 Å². The van der Waals surface area contributed by atoms with Crippen LogP contribution in [0.5, 0.6) is 0 Å². The molecular weight excluding hydrogens is 359 g/mol. The fraction of sp³-hybridized carbons (Fsp3) is 0.444. The monoisotopic (exact) mass is 380 g/mol. The molecule has 134 valence electrons. The van der Waals surface area contributed by atoms with Gasteiger partial charge in [-0.05, 0) is 30.2 Å². The van der Waals surface area contributed by atoms with E-state index < -0.39 is 0 Å². The van der Waals surface area contributed by atoms with Crippen LogP contribution in [0, 0.1) is 6.92 Å². The maximum absolute atomic E-state index is 12.4. The second-order valence-electron chi connectivity index (χ2n) is 6.42. The molecule has 1 saturated heterocycles. The number of nitrogens with zero attached hydrogens (tertiary/aromatic N) is 4. The zero-order chi connectivity index (χ0) is 17.8. The predicted molar refractivity (Wildman–Crippen MR) is 99.9 cm³/mol. The fourth-order valence-electron chi connectivity index (χ4n) is 3.00. The van der Waals surface area contributed by atoms with Gasteiger partial charge in [-0.15, -0.1) is 0 Å². The molecule has 25 heavy (non-hydrogen) atoms. The lowest BCUT2D eigenvalue weighted by Crippen LogP contribution is -2.48. The van der Waals surface area contributed by atoms with Gasteiger partial charge in [0, 0.05) is 61.9 Å². The second-order valence-corrected chi connectivity index (χ2v) is 7.27. The summed E-state index contributed by atoms with van der Waals surface area (Å²) in [4.78, 5) is 16.6. The third kappa shape index (κ3) is 4.97. The second kappa shape index (κ2) is 8.21. The van der Waals surface area contributed by atoms with E-state index in [2.05, 4.69) is 10.00 Å². The Morgan fingerprint density at radius 2 is 1.96 bits per heavy atom. The zero-order valence-corrected chi connectivity index (χ0v) is 15.8. The fourth-order valence-corrected chi connectivity index (χ4v) is 3.47. The molecule has 0 atom stereocenters. The summed E-state index contributed by atoms with van der Waals surface area (Å²) < 4.78 is 1.83. The molecule has 1 fully saturated rings. The Hall–Kier alpha value is -1.56. The Labute approximate surface area is 158 Å². The number of aromatic nitrogens is 2. The highest BCUT2D eigenvalue weighted by Gasteiger charge is 2.21. The van der Waals surface area contributed by atoms with Gasteiger partial charge in [0.25, 0.3) is 0 Å². The number of rotatable bonds is 5. The molecule has 0 unspecified atom stereocenters. The number of piperazine rings is 1. The molecule has 2 heterocycles. The van der Waals surface area contributed by atoms with E-state index in [4.69, 9.17) is 23.2 Å². The van der Waals surface area contributed by atoms with Crippen molar-refractivity contribution < 1.29 is 4.79 Å². The number of aryl methyl sites for hydroxylation is 2. The minimum Gasteiger partial charge on any atom is -0.340 e. The van der Waals surface area contributed by atoms with Gasteiger partial charge < -0.3 is 4.90 Å². The Kier molecular flexibility index (Phi) is 5.99. The summed E-state index contributed by atoms with van der Waals surface area (Å²) >= 11 is 12.2. The van der Waals surface area contributed by atoms with Crippen LogP contribution in [0.4, 0.5) is 0 Å². The Bertz CT molecular complexity index is 738. The molecule has 1 aliphatic heterocycles. The summed E-state index contributed by atoms with van der Waals surface area (Å²) in [6, 6.07) is 5.60. The minimum absolute atomic E-state index is 0.192. The molecule has 0 spiro atoms. The van der Waals surface area contributed by atoms with E-state index >= 15 is 0 Å². The molecule has 0 radical (unpaired) electrons. The SMILES string of the molecule is Cc1cnn(CCC(=O)N2CCN(Cc3ccc(Cl)cc3Cl)CC2)c1. The number of hydrogen-bond donors (Lipinski definition) is 0. The highest BCUT2D eigenvalue weighted by atomic mass is 35.5. The summed E-state index contributed by atoms with van der Waals surface area (Å²) in [6.07, 6.45) is 4.26. The first-order valence-corrected chi connectivity index (χ1v) is 9.20. The van der Waals surface area contributed by atoms with Crippen molar-refractivity contribution in [1.29, 1.82) is 0 Å². The summed E-state index contributed by atoms with van der Waals surface area (Å²) in [6.45, 7) is 6.62. The Morgan fingerprint density at radius 1 is 1.20 bits per heavy atom. The van der Waals surface area contributed by atoms with E-state index in [0.29, 0.717) is 23.0 Å². The average Bonchev–Trinajstić information content (AvgIpc) is 3.01. The van der Waals surface area contributed by atoms with Crippen molar-refractivity contribution in [2.45, 2.75) is 26.4 Å². The number of carbonyl (C=O) groups excluding carboxylic acids is 1. The molecule has 0 bridgehead atoms. The van der Waals surface area contributed by atoms with Crippen LogP contribution < -0.4 is 0 Å². The topological polar surface area (TPSA) is 41.4 Å². The first kappa shape index (κ1) is 18.2. The van der Waals surface area contributed by atoms with E-state index in [9.17, 15) is 4.79 Å². The molecule has 1 aliphatic rings. The van der Waals surface area contributed by atoms with Crippen LogP contribution in [0.25, 0.3) is 0 Å². The maximum Gasteiger partial charge on any atom is 0.224 e. The maximum atomic E-state index is 12.4. The smallest absolute Gasteiger partial charge is 0.224 e. The standard InChI is InChI=1S/C18H22Cl2N4O/c1-14-11-21-24(12-14)5-4-18(25)23-8-6-22(7-9-23)13-15-2-3-16(19)10-17(15)20/h2-3,10-12H,4-9,13H2,1H3. The van der Waals surface area contributed by atoms with Crippen LogP contribution in [-0.2, 0) is 17.9 Å². The van der Waals surface area contributed by atoms with Crippen molar-refractivity contribution in [2.75, 3.05) is 26.2 Å². The first-order chi connectivity index (χ1) is 12.0. The van der Waals surface area contributed by atoms with Crippen LogP contribution >= 0.6 is 23.2 Å². The molecule has 5 nitrogen and oxygen atoms in total. The molecule has 1 aromatic heterocycles. The summed E-state index contributed by atoms with van der Waals surface area (Å²) in [7, 11) is 0. The van der Waals surface area contributed by atoms with Crippen molar-refractivity contribution in [1.82, 2.24) is 19.6 Å². The Morgan fingerprint density at radius 3 is 2.60 bits per heavy atom. The van der Waals surface area contributed by atoms with Crippen molar-refractivity contribution >= 4 is 29.1 Å². The van der Waals surface area contributed by atoms with Gasteiger partial charge in [-0.2, -0.15) is 5.10 Å². The molecule has 0 saturated carbocycles. The third-order valence-corrected chi connectivity index (χ3v) is 5.04. The molecule has 7 heteroatoms. The molecule has 3 rings (SSSR count). The summed E-state index contributed by atoms with van der Waals surface area (Å²) in [5.74, 6) is 0.192. The van der Waals surface area contributed by atoms with Gasteiger partial charge >= 0.3 is 0 Å². The van der Waals surface area contributed by atoms with Gasteiger partial charge in [0.15, 0.2) is 0 Å². The quantitative estimate of drug-likeness (QED) is 0.799. The normalized spacial score (nSPS) is 15.6. The van der Waals surface area contributed by atoms with Gasteiger partial charge in [0.1, 0.15) is 0 Å². The predicted octanol–water partition coefficient (Wildman–Crippen LogP) is 3.23. The molecule has 1 amide bonds. The van der Waals surface area contributed by atoms with Crippen molar-refractivity contribution in [2.24, 2.45) is 0 Å². The number of benzene rings is 1. The van der Waals surface area contributed by atoms with Gasteiger partial charge in [-0.3, -0.25) is 14.4 Å². The largest absolute Gasteiger partial charge is 0.340 e. The summed E-state index contributed by atoms with van der Waals surface area (Å²) in [5.41, 5.74) is 2.18. The van der Waals surface area contributed by atoms with E-state index in [1.807, 2.05) is 41.0 Å².